The zero-order valence-electron chi connectivity index (χ0n) is 10.5. The van der Waals surface area contributed by atoms with E-state index in [0.29, 0.717) is 17.1 Å². The molecule has 0 saturated carbocycles. The Morgan fingerprint density at radius 1 is 1.58 bits per heavy atom. The highest BCUT2D eigenvalue weighted by molar-refractivity contribution is 6.32. The van der Waals surface area contributed by atoms with Gasteiger partial charge >= 0.3 is 5.97 Å². The number of nitrogens with zero attached hydrogens (tertiary/aromatic N) is 2. The summed E-state index contributed by atoms with van der Waals surface area (Å²) >= 11 is 6.03. The summed E-state index contributed by atoms with van der Waals surface area (Å²) in [6, 6.07) is 7.51. The molecule has 1 aromatic rings. The Bertz CT molecular complexity index is 525. The van der Waals surface area contributed by atoms with Crippen molar-refractivity contribution in [3.63, 3.8) is 0 Å². The Morgan fingerprint density at radius 3 is 3.05 bits per heavy atom. The van der Waals surface area contributed by atoms with Crippen molar-refractivity contribution in [1.29, 1.82) is 5.26 Å². The van der Waals surface area contributed by atoms with Crippen molar-refractivity contribution in [2.24, 2.45) is 5.92 Å². The SMILES string of the molecule is N#Cc1c(Cl)cccc1N1CCCC(CC(=O)O)C1. The van der Waals surface area contributed by atoms with Crippen molar-refractivity contribution in [3.05, 3.63) is 28.8 Å². The standard InChI is InChI=1S/C14H15ClN2O2/c15-12-4-1-5-13(11(12)8-16)17-6-2-3-10(9-17)7-14(18)19/h1,4-5,10H,2-3,6-7,9H2,(H,18,19). The van der Waals surface area contributed by atoms with E-state index in [1.54, 1.807) is 6.07 Å². The van der Waals surface area contributed by atoms with Crippen LogP contribution in [0.5, 0.6) is 0 Å². The normalized spacial score (nSPS) is 18.9. The van der Waals surface area contributed by atoms with Crippen LogP contribution in [0.3, 0.4) is 0 Å². The van der Waals surface area contributed by atoms with E-state index < -0.39 is 5.97 Å². The highest BCUT2D eigenvalue weighted by Crippen LogP contribution is 2.30. The van der Waals surface area contributed by atoms with Gasteiger partial charge < -0.3 is 10.0 Å². The number of carboxylic acids is 1. The first-order chi connectivity index (χ1) is 9.11. The van der Waals surface area contributed by atoms with Crippen LogP contribution in [0.1, 0.15) is 24.8 Å². The fraction of sp³-hybridized carbons (Fsp3) is 0.429. The molecule has 4 nitrogen and oxygen atoms in total. The second-order valence-electron chi connectivity index (χ2n) is 4.80. The lowest BCUT2D eigenvalue weighted by atomic mass is 9.94. The molecule has 0 spiro atoms. The van der Waals surface area contributed by atoms with Gasteiger partial charge in [-0.2, -0.15) is 5.26 Å². The minimum atomic E-state index is -0.765. The summed E-state index contributed by atoms with van der Waals surface area (Å²) in [5.74, 6) is -0.629. The molecule has 0 radical (unpaired) electrons. The minimum absolute atomic E-state index is 0.136. The molecule has 0 aliphatic carbocycles. The first-order valence-corrected chi connectivity index (χ1v) is 6.65. The van der Waals surface area contributed by atoms with Gasteiger partial charge in [-0.3, -0.25) is 4.79 Å². The first-order valence-electron chi connectivity index (χ1n) is 6.27. The molecule has 1 aliphatic rings. The zero-order valence-corrected chi connectivity index (χ0v) is 11.2. The highest BCUT2D eigenvalue weighted by Gasteiger charge is 2.24. The van der Waals surface area contributed by atoms with Crippen LogP contribution in [0.2, 0.25) is 5.02 Å². The van der Waals surface area contributed by atoms with Gasteiger partial charge in [0.2, 0.25) is 0 Å². The molecule has 1 saturated heterocycles. The van der Waals surface area contributed by atoms with E-state index in [0.717, 1.165) is 25.1 Å². The summed E-state index contributed by atoms with van der Waals surface area (Å²) in [5.41, 5.74) is 1.28. The summed E-state index contributed by atoms with van der Waals surface area (Å²) in [7, 11) is 0. The van der Waals surface area contributed by atoms with Crippen molar-refractivity contribution < 1.29 is 9.90 Å². The van der Waals surface area contributed by atoms with Gasteiger partial charge in [0.05, 0.1) is 16.3 Å². The fourth-order valence-corrected chi connectivity index (χ4v) is 2.80. The van der Waals surface area contributed by atoms with Gasteiger partial charge in [0.1, 0.15) is 6.07 Å². The largest absolute Gasteiger partial charge is 0.481 e. The third-order valence-corrected chi connectivity index (χ3v) is 3.74. The molecule has 0 bridgehead atoms. The second kappa shape index (κ2) is 5.94. The topological polar surface area (TPSA) is 64.3 Å². The first kappa shape index (κ1) is 13.7. The molecule has 0 aromatic heterocycles. The van der Waals surface area contributed by atoms with Crippen LogP contribution in [0, 0.1) is 17.2 Å². The van der Waals surface area contributed by atoms with Gasteiger partial charge in [0.25, 0.3) is 0 Å². The monoisotopic (exact) mass is 278 g/mol. The Kier molecular flexibility index (Phi) is 4.28. The van der Waals surface area contributed by atoms with Gasteiger partial charge in [-0.1, -0.05) is 17.7 Å². The van der Waals surface area contributed by atoms with Gasteiger partial charge in [0, 0.05) is 19.5 Å². The lowest BCUT2D eigenvalue weighted by Gasteiger charge is -2.34. The van der Waals surface area contributed by atoms with E-state index in [4.69, 9.17) is 16.7 Å². The number of carbonyl (C=O) groups is 1. The Balaban J connectivity index is 2.20. The maximum Gasteiger partial charge on any atom is 0.303 e. The minimum Gasteiger partial charge on any atom is -0.481 e. The number of benzene rings is 1. The summed E-state index contributed by atoms with van der Waals surface area (Å²) in [5, 5.41) is 18.5. The number of hydrogen-bond donors (Lipinski definition) is 1. The molecule has 1 aliphatic heterocycles. The van der Waals surface area contributed by atoms with Crippen molar-refractivity contribution in [1.82, 2.24) is 0 Å². The molecule has 5 heteroatoms. The predicted octanol–water partition coefficient (Wildman–Crippen LogP) is 2.90. The second-order valence-corrected chi connectivity index (χ2v) is 5.21. The van der Waals surface area contributed by atoms with Crippen molar-refractivity contribution in [2.75, 3.05) is 18.0 Å². The fourth-order valence-electron chi connectivity index (χ4n) is 2.58. The van der Waals surface area contributed by atoms with Crippen molar-refractivity contribution in [2.45, 2.75) is 19.3 Å². The van der Waals surface area contributed by atoms with E-state index in [2.05, 4.69) is 11.0 Å². The molecule has 1 aromatic carbocycles. The van der Waals surface area contributed by atoms with Crippen LogP contribution in [0.4, 0.5) is 5.69 Å². The Labute approximate surface area is 117 Å². The number of anilines is 1. The molecule has 1 unspecified atom stereocenters. The Hall–Kier alpha value is -1.73. The van der Waals surface area contributed by atoms with Crippen molar-refractivity contribution in [3.8, 4) is 6.07 Å². The van der Waals surface area contributed by atoms with E-state index in [-0.39, 0.29) is 12.3 Å². The summed E-state index contributed by atoms with van der Waals surface area (Å²) in [6.45, 7) is 1.51. The molecular weight excluding hydrogens is 264 g/mol. The maximum absolute atomic E-state index is 10.8. The third-order valence-electron chi connectivity index (χ3n) is 3.43. The molecule has 0 amide bonds. The van der Waals surface area contributed by atoms with Crippen LogP contribution in [-0.2, 0) is 4.79 Å². The van der Waals surface area contributed by atoms with Crippen LogP contribution in [0.15, 0.2) is 18.2 Å². The lowest BCUT2D eigenvalue weighted by Crippen LogP contribution is -2.36. The van der Waals surface area contributed by atoms with Crippen molar-refractivity contribution >= 4 is 23.3 Å². The molecule has 1 N–H and O–H groups in total. The van der Waals surface area contributed by atoms with E-state index in [1.165, 1.54) is 0 Å². The van der Waals surface area contributed by atoms with Gasteiger partial charge in [0.15, 0.2) is 0 Å². The average molecular weight is 279 g/mol. The van der Waals surface area contributed by atoms with Gasteiger partial charge in [-0.15, -0.1) is 0 Å². The summed E-state index contributed by atoms with van der Waals surface area (Å²) < 4.78 is 0. The molecule has 19 heavy (non-hydrogen) atoms. The van der Waals surface area contributed by atoms with Crippen LogP contribution >= 0.6 is 11.6 Å². The van der Waals surface area contributed by atoms with E-state index >= 15 is 0 Å². The van der Waals surface area contributed by atoms with Crippen LogP contribution in [-0.4, -0.2) is 24.2 Å². The molecule has 1 heterocycles. The van der Waals surface area contributed by atoms with E-state index in [9.17, 15) is 10.1 Å². The average Bonchev–Trinajstić information content (AvgIpc) is 2.38. The summed E-state index contributed by atoms with van der Waals surface area (Å²) in [6.07, 6.45) is 2.04. The lowest BCUT2D eigenvalue weighted by molar-refractivity contribution is -0.138. The molecule has 1 fully saturated rings. The molecule has 2 rings (SSSR count). The van der Waals surface area contributed by atoms with Crippen LogP contribution < -0.4 is 4.90 Å². The highest BCUT2D eigenvalue weighted by atomic mass is 35.5. The Morgan fingerprint density at radius 2 is 2.37 bits per heavy atom. The maximum atomic E-state index is 10.8. The number of halogens is 1. The molecular formula is C14H15ClN2O2. The molecule has 1 atom stereocenters. The number of nitriles is 1. The quantitative estimate of drug-likeness (QED) is 0.923. The van der Waals surface area contributed by atoms with Crippen LogP contribution in [0.25, 0.3) is 0 Å². The zero-order chi connectivity index (χ0) is 13.8. The van der Waals surface area contributed by atoms with E-state index in [1.807, 2.05) is 12.1 Å². The third kappa shape index (κ3) is 3.18. The summed E-state index contributed by atoms with van der Waals surface area (Å²) in [4.78, 5) is 12.9. The number of piperidine rings is 1. The number of aliphatic carboxylic acids is 1. The molecule has 100 valence electrons. The smallest absolute Gasteiger partial charge is 0.303 e. The number of carboxylic acid groups (broad SMARTS) is 1. The van der Waals surface area contributed by atoms with Gasteiger partial charge in [-0.25, -0.2) is 0 Å². The number of hydrogen-bond acceptors (Lipinski definition) is 3. The van der Waals surface area contributed by atoms with Gasteiger partial charge in [-0.05, 0) is 30.9 Å². The number of rotatable bonds is 3. The predicted molar refractivity (Wildman–Crippen MR) is 73.4 cm³/mol.